The number of rotatable bonds is 1. The van der Waals surface area contributed by atoms with E-state index in [-0.39, 0.29) is 11.0 Å². The summed E-state index contributed by atoms with van der Waals surface area (Å²) >= 11 is 0. The van der Waals surface area contributed by atoms with Crippen LogP contribution in [0.4, 0.5) is 13.2 Å². The van der Waals surface area contributed by atoms with Gasteiger partial charge in [0, 0.05) is 0 Å². The minimum Gasteiger partial charge on any atom is -0.234 e. The van der Waals surface area contributed by atoms with Crippen LogP contribution in [0.15, 0.2) is 24.5 Å². The zero-order valence-electron chi connectivity index (χ0n) is 7.60. The molecule has 1 aromatic carbocycles. The van der Waals surface area contributed by atoms with Gasteiger partial charge in [0.2, 0.25) is 0 Å². The topological polar surface area (TPSA) is 61.0 Å². The number of fused-ring (bicyclic) bond motifs is 1. The van der Waals surface area contributed by atoms with Crippen LogP contribution in [0.1, 0.15) is 5.56 Å². The predicted molar refractivity (Wildman–Crippen MR) is 47.1 cm³/mol. The Hall–Kier alpha value is -2.12. The van der Waals surface area contributed by atoms with Gasteiger partial charge in [-0.3, -0.25) is 0 Å². The number of benzene rings is 1. The standard InChI is InChI=1S/C8H4F3N3O2/c9-8(10,11)5-1-2-6-7(3-5)13(4-12-6)14(15)16/h1-4H. The molecule has 0 spiro atoms. The van der Waals surface area contributed by atoms with E-state index in [1.165, 1.54) is 0 Å². The van der Waals surface area contributed by atoms with Gasteiger partial charge in [0.25, 0.3) is 0 Å². The van der Waals surface area contributed by atoms with Gasteiger partial charge in [0.1, 0.15) is 5.52 Å². The molecule has 0 atom stereocenters. The smallest absolute Gasteiger partial charge is 0.234 e. The molecule has 0 saturated heterocycles. The van der Waals surface area contributed by atoms with Crippen LogP contribution in [0.2, 0.25) is 0 Å². The van der Waals surface area contributed by atoms with Gasteiger partial charge in [0.15, 0.2) is 11.4 Å². The summed E-state index contributed by atoms with van der Waals surface area (Å²) in [5.41, 5.74) is -0.979. The van der Waals surface area contributed by atoms with Crippen LogP contribution in [0.3, 0.4) is 0 Å². The Kier molecular flexibility index (Phi) is 2.07. The first-order valence-electron chi connectivity index (χ1n) is 4.08. The van der Waals surface area contributed by atoms with Crippen molar-refractivity contribution in [3.05, 3.63) is 40.2 Å². The molecule has 0 bridgehead atoms. The van der Waals surface area contributed by atoms with Crippen molar-refractivity contribution in [3.63, 3.8) is 0 Å². The third kappa shape index (κ3) is 1.58. The van der Waals surface area contributed by atoms with E-state index in [2.05, 4.69) is 4.98 Å². The Labute approximate surface area is 86.2 Å². The van der Waals surface area contributed by atoms with Gasteiger partial charge >= 0.3 is 6.18 Å². The molecule has 16 heavy (non-hydrogen) atoms. The van der Waals surface area contributed by atoms with Gasteiger partial charge in [-0.2, -0.15) is 13.2 Å². The first-order valence-corrected chi connectivity index (χ1v) is 4.08. The molecule has 0 amide bonds. The lowest BCUT2D eigenvalue weighted by Gasteiger charge is -2.05. The molecule has 8 heteroatoms. The predicted octanol–water partition coefficient (Wildman–Crippen LogP) is 2.09. The summed E-state index contributed by atoms with van der Waals surface area (Å²) in [6.07, 6.45) is -3.66. The highest BCUT2D eigenvalue weighted by Crippen LogP contribution is 2.31. The second kappa shape index (κ2) is 3.19. The number of aromatic nitrogens is 2. The van der Waals surface area contributed by atoms with E-state index in [9.17, 15) is 23.3 Å². The van der Waals surface area contributed by atoms with E-state index in [0.717, 1.165) is 18.5 Å². The van der Waals surface area contributed by atoms with Crippen LogP contribution < -0.4 is 0 Å². The van der Waals surface area contributed by atoms with Gasteiger partial charge in [0.05, 0.1) is 11.1 Å². The second-order valence-electron chi connectivity index (χ2n) is 3.03. The van der Waals surface area contributed by atoms with Crippen LogP contribution in [-0.2, 0) is 6.18 Å². The molecule has 0 aliphatic carbocycles. The molecular formula is C8H4F3N3O2. The van der Waals surface area contributed by atoms with Crippen LogP contribution in [0, 0.1) is 10.1 Å². The highest BCUT2D eigenvalue weighted by atomic mass is 19.4. The summed E-state index contributed by atoms with van der Waals surface area (Å²) in [7, 11) is 0. The lowest BCUT2D eigenvalue weighted by atomic mass is 10.2. The van der Waals surface area contributed by atoms with Crippen molar-refractivity contribution in [2.75, 3.05) is 0 Å². The second-order valence-corrected chi connectivity index (χ2v) is 3.03. The van der Waals surface area contributed by atoms with E-state index in [0.29, 0.717) is 10.7 Å². The SMILES string of the molecule is O=[N+]([O-])n1cnc2ccc(C(F)(F)F)cc21. The molecule has 1 aromatic heterocycles. The zero-order valence-corrected chi connectivity index (χ0v) is 7.60. The molecule has 2 rings (SSSR count). The third-order valence-electron chi connectivity index (χ3n) is 2.03. The highest BCUT2D eigenvalue weighted by Gasteiger charge is 2.31. The number of nitrogens with zero attached hydrogens (tertiary/aromatic N) is 3. The van der Waals surface area contributed by atoms with Crippen LogP contribution in [0.5, 0.6) is 0 Å². The van der Waals surface area contributed by atoms with Gasteiger partial charge in [-0.15, -0.1) is 0 Å². The van der Waals surface area contributed by atoms with Crippen molar-refractivity contribution in [3.8, 4) is 0 Å². The average molecular weight is 231 g/mol. The van der Waals surface area contributed by atoms with Crippen molar-refractivity contribution in [1.82, 2.24) is 9.66 Å². The number of imidazole rings is 1. The van der Waals surface area contributed by atoms with E-state index in [1.54, 1.807) is 0 Å². The van der Waals surface area contributed by atoms with Crippen LogP contribution in [0.25, 0.3) is 11.0 Å². The summed E-state index contributed by atoms with van der Waals surface area (Å²) < 4.78 is 37.5. The molecule has 0 unspecified atom stereocenters. The van der Waals surface area contributed by atoms with E-state index in [4.69, 9.17) is 0 Å². The number of alkyl halides is 3. The summed E-state index contributed by atoms with van der Waals surface area (Å²) in [6, 6.07) is 2.63. The van der Waals surface area contributed by atoms with Crippen LogP contribution >= 0.6 is 0 Å². The summed E-state index contributed by atoms with van der Waals surface area (Å²) in [4.78, 5) is 14.1. The third-order valence-corrected chi connectivity index (χ3v) is 2.03. The highest BCUT2D eigenvalue weighted by molar-refractivity contribution is 5.75. The largest absolute Gasteiger partial charge is 0.416 e. The van der Waals surface area contributed by atoms with Crippen molar-refractivity contribution >= 4 is 11.0 Å². The fourth-order valence-corrected chi connectivity index (χ4v) is 1.30. The minimum atomic E-state index is -4.53. The van der Waals surface area contributed by atoms with Gasteiger partial charge in [-0.25, -0.2) is 15.1 Å². The lowest BCUT2D eigenvalue weighted by Crippen LogP contribution is -2.08. The number of nitro groups is 1. The Bertz CT molecular complexity index is 561. The number of halogens is 3. The monoisotopic (exact) mass is 231 g/mol. The number of hydrogen-bond acceptors (Lipinski definition) is 3. The molecule has 0 aliphatic heterocycles. The first-order chi connectivity index (χ1) is 7.39. The van der Waals surface area contributed by atoms with Gasteiger partial charge < -0.3 is 0 Å². The number of hydrogen-bond donors (Lipinski definition) is 0. The maximum absolute atomic E-state index is 12.4. The van der Waals surface area contributed by atoms with Gasteiger partial charge in [-0.05, 0) is 18.2 Å². The van der Waals surface area contributed by atoms with E-state index in [1.807, 2.05) is 0 Å². The maximum atomic E-state index is 12.4. The fraction of sp³-hybridized carbons (Fsp3) is 0.125. The molecule has 2 aromatic rings. The van der Waals surface area contributed by atoms with Crippen molar-refractivity contribution in [2.45, 2.75) is 6.18 Å². The maximum Gasteiger partial charge on any atom is 0.416 e. The van der Waals surface area contributed by atoms with Crippen LogP contribution in [-0.4, -0.2) is 14.7 Å². The summed E-state index contributed by atoms with van der Waals surface area (Å²) in [5.74, 6) is 0. The zero-order chi connectivity index (χ0) is 11.9. The molecule has 84 valence electrons. The Morgan fingerprint density at radius 1 is 1.38 bits per heavy atom. The first kappa shape index (κ1) is 10.4. The minimum absolute atomic E-state index is 0.143. The van der Waals surface area contributed by atoms with Gasteiger partial charge in [-0.1, -0.05) is 4.68 Å². The molecule has 1 heterocycles. The Morgan fingerprint density at radius 2 is 2.06 bits per heavy atom. The Morgan fingerprint density at radius 3 is 2.62 bits per heavy atom. The quantitative estimate of drug-likeness (QED) is 0.557. The molecule has 0 aliphatic rings. The van der Waals surface area contributed by atoms with Crippen molar-refractivity contribution in [2.24, 2.45) is 0 Å². The van der Waals surface area contributed by atoms with E-state index >= 15 is 0 Å². The summed E-state index contributed by atoms with van der Waals surface area (Å²) in [5, 5.41) is 9.65. The Balaban J connectivity index is 2.68. The normalized spacial score (nSPS) is 11.9. The van der Waals surface area contributed by atoms with Crippen molar-refractivity contribution < 1.29 is 18.2 Å². The average Bonchev–Trinajstić information content (AvgIpc) is 2.58. The molecule has 0 N–H and O–H groups in total. The lowest BCUT2D eigenvalue weighted by molar-refractivity contribution is -0.538. The molecule has 0 fully saturated rings. The molecule has 0 radical (unpaired) electrons. The molecule has 5 nitrogen and oxygen atoms in total. The molecular weight excluding hydrogens is 227 g/mol. The fourth-order valence-electron chi connectivity index (χ4n) is 1.30. The summed E-state index contributed by atoms with van der Waals surface area (Å²) in [6.45, 7) is 0. The van der Waals surface area contributed by atoms with E-state index < -0.39 is 16.8 Å². The van der Waals surface area contributed by atoms with Crippen molar-refractivity contribution in [1.29, 1.82) is 0 Å². The molecule has 0 saturated carbocycles.